The summed E-state index contributed by atoms with van der Waals surface area (Å²) < 4.78 is 4.71. The van der Waals surface area contributed by atoms with Gasteiger partial charge in [-0.2, -0.15) is 0 Å². The molecule has 0 aromatic heterocycles. The lowest BCUT2D eigenvalue weighted by Gasteiger charge is -2.17. The van der Waals surface area contributed by atoms with E-state index in [4.69, 9.17) is 9.84 Å². The molecule has 0 fully saturated rings. The minimum Gasteiger partial charge on any atom is -0.480 e. The summed E-state index contributed by atoms with van der Waals surface area (Å²) in [5.74, 6) is -1.68. The first-order valence-corrected chi connectivity index (χ1v) is 5.05. The summed E-state index contributed by atoms with van der Waals surface area (Å²) in [5, 5.41) is 11.2. The number of nitrogens with one attached hydrogen (secondary N) is 1. The lowest BCUT2D eigenvalue weighted by Crippen LogP contribution is -2.45. The number of carboxylic acids is 1. The number of rotatable bonds is 7. The van der Waals surface area contributed by atoms with Crippen LogP contribution >= 0.6 is 0 Å². The molecule has 0 bridgehead atoms. The van der Waals surface area contributed by atoms with E-state index in [-0.39, 0.29) is 18.4 Å². The van der Waals surface area contributed by atoms with Crippen LogP contribution in [0.25, 0.3) is 0 Å². The van der Waals surface area contributed by atoms with Gasteiger partial charge in [-0.1, -0.05) is 12.5 Å². The number of methoxy groups -OCH3 is 1. The van der Waals surface area contributed by atoms with Crippen molar-refractivity contribution in [1.29, 1.82) is 0 Å². The molecular formula is C11H19NO4. The molecule has 0 saturated heterocycles. The predicted molar refractivity (Wildman–Crippen MR) is 60.0 cm³/mol. The third-order valence-electron chi connectivity index (χ3n) is 2.05. The van der Waals surface area contributed by atoms with Crippen LogP contribution in [0.4, 0.5) is 0 Å². The van der Waals surface area contributed by atoms with E-state index in [0.717, 1.165) is 5.57 Å². The van der Waals surface area contributed by atoms with E-state index in [1.54, 1.807) is 6.92 Å². The first-order chi connectivity index (χ1) is 7.38. The Morgan fingerprint density at radius 3 is 2.44 bits per heavy atom. The fourth-order valence-corrected chi connectivity index (χ4v) is 1.27. The van der Waals surface area contributed by atoms with Crippen molar-refractivity contribution in [3.05, 3.63) is 12.2 Å². The summed E-state index contributed by atoms with van der Waals surface area (Å²) in [6, 6.07) is -0.995. The first kappa shape index (κ1) is 14.6. The maximum atomic E-state index is 11.6. The molecule has 0 radical (unpaired) electrons. The summed E-state index contributed by atoms with van der Waals surface area (Å²) >= 11 is 0. The molecule has 0 aromatic carbocycles. The Kier molecular flexibility index (Phi) is 6.41. The van der Waals surface area contributed by atoms with Crippen LogP contribution < -0.4 is 5.32 Å². The fourth-order valence-electron chi connectivity index (χ4n) is 1.27. The van der Waals surface area contributed by atoms with Crippen molar-refractivity contribution >= 4 is 11.9 Å². The second-order valence-electron chi connectivity index (χ2n) is 3.92. The Morgan fingerprint density at radius 1 is 1.50 bits per heavy atom. The largest absolute Gasteiger partial charge is 0.480 e. The predicted octanol–water partition coefficient (Wildman–Crippen LogP) is 0.804. The second kappa shape index (κ2) is 7.00. The molecule has 0 spiro atoms. The number of amides is 1. The number of allylic oxidation sites excluding steroid dienone is 1. The lowest BCUT2D eigenvalue weighted by atomic mass is 10.0. The zero-order valence-electron chi connectivity index (χ0n) is 9.95. The highest BCUT2D eigenvalue weighted by molar-refractivity contribution is 5.85. The summed E-state index contributed by atoms with van der Waals surface area (Å²) in [4.78, 5) is 22.4. The number of carbonyl (C=O) groups is 2. The molecular weight excluding hydrogens is 210 g/mol. The number of carbonyl (C=O) groups excluding carboxylic acids is 1. The minimum atomic E-state index is -1.10. The van der Waals surface area contributed by atoms with Crippen LogP contribution in [0.1, 0.15) is 20.3 Å². The molecule has 16 heavy (non-hydrogen) atoms. The van der Waals surface area contributed by atoms with Gasteiger partial charge in [0.1, 0.15) is 0 Å². The van der Waals surface area contributed by atoms with Crippen molar-refractivity contribution in [2.45, 2.75) is 26.3 Å². The van der Waals surface area contributed by atoms with Gasteiger partial charge < -0.3 is 15.2 Å². The number of ether oxygens (including phenoxy) is 1. The Morgan fingerprint density at radius 2 is 2.06 bits per heavy atom. The molecule has 2 atom stereocenters. The van der Waals surface area contributed by atoms with E-state index >= 15 is 0 Å². The van der Waals surface area contributed by atoms with Crippen molar-refractivity contribution in [2.75, 3.05) is 13.7 Å². The van der Waals surface area contributed by atoms with E-state index in [9.17, 15) is 9.59 Å². The highest BCUT2D eigenvalue weighted by atomic mass is 16.5. The van der Waals surface area contributed by atoms with Crippen LogP contribution in [0.5, 0.6) is 0 Å². The standard InChI is InChI=1S/C11H19NO4/c1-7(2)5-8(3)10(13)12-9(6-16-4)11(14)15/h8-9H,1,5-6H2,2-4H3,(H,12,13)(H,14,15). The molecule has 0 heterocycles. The van der Waals surface area contributed by atoms with Crippen LogP contribution in [0.15, 0.2) is 12.2 Å². The highest BCUT2D eigenvalue weighted by Gasteiger charge is 2.22. The smallest absolute Gasteiger partial charge is 0.328 e. The zero-order valence-corrected chi connectivity index (χ0v) is 9.95. The van der Waals surface area contributed by atoms with E-state index in [2.05, 4.69) is 11.9 Å². The third kappa shape index (κ3) is 5.50. The molecule has 5 heteroatoms. The number of carboxylic acid groups (broad SMARTS) is 1. The Bertz CT molecular complexity index is 275. The van der Waals surface area contributed by atoms with Gasteiger partial charge in [0.05, 0.1) is 6.61 Å². The summed E-state index contributed by atoms with van der Waals surface area (Å²) in [7, 11) is 1.39. The molecule has 1 amide bonds. The van der Waals surface area contributed by atoms with Crippen molar-refractivity contribution in [3.63, 3.8) is 0 Å². The fraction of sp³-hybridized carbons (Fsp3) is 0.636. The van der Waals surface area contributed by atoms with Gasteiger partial charge in [-0.3, -0.25) is 4.79 Å². The molecule has 2 unspecified atom stereocenters. The van der Waals surface area contributed by atoms with Gasteiger partial charge in [0.25, 0.3) is 0 Å². The van der Waals surface area contributed by atoms with Gasteiger partial charge in [-0.05, 0) is 13.3 Å². The van der Waals surface area contributed by atoms with Gasteiger partial charge in [0.15, 0.2) is 6.04 Å². The SMILES string of the molecule is C=C(C)CC(C)C(=O)NC(COC)C(=O)O. The molecule has 0 saturated carbocycles. The average molecular weight is 229 g/mol. The van der Waals surface area contributed by atoms with Crippen LogP contribution in [0.3, 0.4) is 0 Å². The van der Waals surface area contributed by atoms with Crippen molar-refractivity contribution in [1.82, 2.24) is 5.32 Å². The molecule has 0 aliphatic carbocycles. The Labute approximate surface area is 95.5 Å². The van der Waals surface area contributed by atoms with Gasteiger partial charge >= 0.3 is 5.97 Å². The van der Waals surface area contributed by atoms with Gasteiger partial charge in [-0.25, -0.2) is 4.79 Å². The average Bonchev–Trinajstić information content (AvgIpc) is 2.15. The summed E-state index contributed by atoms with van der Waals surface area (Å²) in [6.07, 6.45) is 0.547. The third-order valence-corrected chi connectivity index (χ3v) is 2.05. The number of aliphatic carboxylic acids is 1. The normalized spacial score (nSPS) is 13.9. The Balaban J connectivity index is 4.28. The molecule has 92 valence electrons. The van der Waals surface area contributed by atoms with E-state index < -0.39 is 12.0 Å². The number of hydrogen-bond donors (Lipinski definition) is 2. The quantitative estimate of drug-likeness (QED) is 0.633. The highest BCUT2D eigenvalue weighted by Crippen LogP contribution is 2.09. The van der Waals surface area contributed by atoms with Crippen molar-refractivity contribution in [3.8, 4) is 0 Å². The maximum Gasteiger partial charge on any atom is 0.328 e. The van der Waals surface area contributed by atoms with Crippen LogP contribution in [0, 0.1) is 5.92 Å². The molecule has 0 aromatic rings. The summed E-state index contributed by atoms with van der Waals surface area (Å²) in [6.45, 7) is 7.23. The van der Waals surface area contributed by atoms with Crippen LogP contribution in [0.2, 0.25) is 0 Å². The molecule has 0 aliphatic heterocycles. The van der Waals surface area contributed by atoms with Crippen LogP contribution in [-0.2, 0) is 14.3 Å². The zero-order chi connectivity index (χ0) is 12.7. The number of hydrogen-bond acceptors (Lipinski definition) is 3. The molecule has 5 nitrogen and oxygen atoms in total. The molecule has 0 aliphatic rings. The molecule has 0 rings (SSSR count). The topological polar surface area (TPSA) is 75.6 Å². The Hall–Kier alpha value is -1.36. The minimum absolute atomic E-state index is 0.0408. The lowest BCUT2D eigenvalue weighted by molar-refractivity contribution is -0.143. The maximum absolute atomic E-state index is 11.6. The second-order valence-corrected chi connectivity index (χ2v) is 3.92. The molecule has 2 N–H and O–H groups in total. The van der Waals surface area contributed by atoms with Gasteiger partial charge in [0.2, 0.25) is 5.91 Å². The van der Waals surface area contributed by atoms with E-state index in [1.807, 2.05) is 6.92 Å². The van der Waals surface area contributed by atoms with Gasteiger partial charge in [0, 0.05) is 13.0 Å². The first-order valence-electron chi connectivity index (χ1n) is 5.05. The van der Waals surface area contributed by atoms with Crippen molar-refractivity contribution in [2.24, 2.45) is 5.92 Å². The van der Waals surface area contributed by atoms with Crippen LogP contribution in [-0.4, -0.2) is 36.7 Å². The van der Waals surface area contributed by atoms with Crippen molar-refractivity contribution < 1.29 is 19.4 Å². The van der Waals surface area contributed by atoms with E-state index in [1.165, 1.54) is 7.11 Å². The summed E-state index contributed by atoms with van der Waals surface area (Å²) in [5.41, 5.74) is 0.890. The monoisotopic (exact) mass is 229 g/mol. The van der Waals surface area contributed by atoms with Gasteiger partial charge in [-0.15, -0.1) is 6.58 Å². The van der Waals surface area contributed by atoms with E-state index in [0.29, 0.717) is 6.42 Å².